The number of ether oxygens (including phenoxy) is 1. The Morgan fingerprint density at radius 1 is 1.50 bits per heavy atom. The van der Waals surface area contributed by atoms with E-state index in [-0.39, 0.29) is 10.7 Å². The smallest absolute Gasteiger partial charge is 0.268 e. The molecule has 1 radical (unpaired) electrons. The Morgan fingerprint density at radius 3 is 2.88 bits per heavy atom. The summed E-state index contributed by atoms with van der Waals surface area (Å²) in [6.07, 6.45) is 0. The highest BCUT2D eigenvalue weighted by Gasteiger charge is 2.11. The largest absolute Gasteiger partial charge is 0.481 e. The summed E-state index contributed by atoms with van der Waals surface area (Å²) in [7, 11) is 1.50. The molecule has 0 saturated carbocycles. The number of rotatable bonds is 2. The molecule has 0 unspecified atom stereocenters. The number of carbonyl (C=O) groups excluding carboxylic acids is 1. The Hall–Kier alpha value is -1.88. The molecule has 0 bridgehead atoms. The lowest BCUT2D eigenvalue weighted by Gasteiger charge is -2.03. The van der Waals surface area contributed by atoms with Gasteiger partial charge in [-0.2, -0.15) is 0 Å². The maximum Gasteiger partial charge on any atom is 0.268 e. The van der Waals surface area contributed by atoms with Crippen molar-refractivity contribution < 1.29 is 9.53 Å². The van der Waals surface area contributed by atoms with E-state index in [9.17, 15) is 4.79 Å². The molecule has 2 aromatic rings. The van der Waals surface area contributed by atoms with Gasteiger partial charge in [-0.15, -0.1) is 0 Å². The molecular weight excluding hydrogens is 230 g/mol. The van der Waals surface area contributed by atoms with Gasteiger partial charge in [0.2, 0.25) is 5.88 Å². The van der Waals surface area contributed by atoms with Crippen molar-refractivity contribution in [3.63, 3.8) is 0 Å². The van der Waals surface area contributed by atoms with Crippen molar-refractivity contribution in [2.75, 3.05) is 7.11 Å². The first kappa shape index (κ1) is 10.6. The standard InChI is InChI=1S/C10H7ClN3O2/c1-16-8-3-2-6-7(13-8)4-5(11)9(14-6)10(12)15/h2-3H,1H3,(H2,12,15). The maximum absolute atomic E-state index is 11.0. The third-order valence-electron chi connectivity index (χ3n) is 1.96. The number of amides is 1. The van der Waals surface area contributed by atoms with Crippen LogP contribution in [0.15, 0.2) is 12.1 Å². The summed E-state index contributed by atoms with van der Waals surface area (Å²) in [5.74, 6) is -0.271. The number of carbonyl (C=O) groups is 1. The minimum atomic E-state index is -0.695. The number of pyridine rings is 2. The molecule has 2 N–H and O–H groups in total. The Kier molecular flexibility index (Phi) is 2.62. The molecule has 5 nitrogen and oxygen atoms in total. The fourth-order valence-electron chi connectivity index (χ4n) is 1.23. The lowest BCUT2D eigenvalue weighted by molar-refractivity contribution is 0.0996. The molecule has 0 saturated heterocycles. The van der Waals surface area contributed by atoms with Gasteiger partial charge in [-0.05, 0) is 6.07 Å². The Labute approximate surface area is 96.2 Å². The first-order chi connectivity index (χ1) is 7.61. The number of methoxy groups -OCH3 is 1. The van der Waals surface area contributed by atoms with E-state index in [2.05, 4.69) is 16.0 Å². The molecule has 0 spiro atoms. The minimum Gasteiger partial charge on any atom is -0.481 e. The molecule has 6 heteroatoms. The van der Waals surface area contributed by atoms with E-state index >= 15 is 0 Å². The molecule has 1 amide bonds. The van der Waals surface area contributed by atoms with Crippen LogP contribution in [0.3, 0.4) is 0 Å². The van der Waals surface area contributed by atoms with Crippen molar-refractivity contribution in [3.05, 3.63) is 28.9 Å². The van der Waals surface area contributed by atoms with Crippen molar-refractivity contribution in [1.29, 1.82) is 0 Å². The molecule has 0 aromatic carbocycles. The van der Waals surface area contributed by atoms with Gasteiger partial charge in [0.25, 0.3) is 5.91 Å². The van der Waals surface area contributed by atoms with E-state index in [1.807, 2.05) is 0 Å². The summed E-state index contributed by atoms with van der Waals surface area (Å²) in [5, 5.41) is 0.0563. The van der Waals surface area contributed by atoms with Gasteiger partial charge in [-0.1, -0.05) is 11.6 Å². The fraction of sp³-hybridized carbons (Fsp3) is 0.100. The van der Waals surface area contributed by atoms with Crippen LogP contribution in [0.4, 0.5) is 0 Å². The third kappa shape index (κ3) is 1.77. The van der Waals surface area contributed by atoms with E-state index in [1.54, 1.807) is 12.1 Å². The first-order valence-electron chi connectivity index (χ1n) is 4.35. The van der Waals surface area contributed by atoms with Gasteiger partial charge in [-0.3, -0.25) is 4.79 Å². The Bertz CT molecular complexity index is 571. The second kappa shape index (κ2) is 3.94. The molecule has 16 heavy (non-hydrogen) atoms. The average molecular weight is 237 g/mol. The predicted octanol–water partition coefficient (Wildman–Crippen LogP) is 1.19. The number of hydrogen-bond acceptors (Lipinski definition) is 4. The molecule has 2 rings (SSSR count). The van der Waals surface area contributed by atoms with Crippen LogP contribution in [0.1, 0.15) is 10.5 Å². The van der Waals surface area contributed by atoms with Crippen LogP contribution in [-0.2, 0) is 0 Å². The van der Waals surface area contributed by atoms with Gasteiger partial charge in [0.05, 0.1) is 17.6 Å². The summed E-state index contributed by atoms with van der Waals surface area (Å²) in [6.45, 7) is 0. The highest BCUT2D eigenvalue weighted by Crippen LogP contribution is 2.20. The van der Waals surface area contributed by atoms with E-state index < -0.39 is 5.91 Å². The van der Waals surface area contributed by atoms with Crippen LogP contribution in [0.25, 0.3) is 11.0 Å². The second-order valence-corrected chi connectivity index (χ2v) is 3.36. The Morgan fingerprint density at radius 2 is 2.25 bits per heavy atom. The monoisotopic (exact) mass is 236 g/mol. The molecular formula is C10H7ClN3O2. The number of hydrogen-bond donors (Lipinski definition) is 1. The lowest BCUT2D eigenvalue weighted by atomic mass is 10.2. The quantitative estimate of drug-likeness (QED) is 0.850. The Balaban J connectivity index is 2.68. The number of halogens is 1. The summed E-state index contributed by atoms with van der Waals surface area (Å²) in [6, 6.07) is 6.01. The zero-order valence-corrected chi connectivity index (χ0v) is 9.08. The van der Waals surface area contributed by atoms with E-state index in [0.717, 1.165) is 0 Å². The first-order valence-corrected chi connectivity index (χ1v) is 4.73. The molecule has 81 valence electrons. The lowest BCUT2D eigenvalue weighted by Crippen LogP contribution is -2.14. The van der Waals surface area contributed by atoms with Gasteiger partial charge < -0.3 is 10.5 Å². The van der Waals surface area contributed by atoms with E-state index in [4.69, 9.17) is 22.1 Å². The normalized spacial score (nSPS) is 10.4. The molecule has 0 atom stereocenters. The van der Waals surface area contributed by atoms with Crippen LogP contribution in [-0.4, -0.2) is 23.0 Å². The number of aromatic nitrogens is 2. The summed E-state index contributed by atoms with van der Waals surface area (Å²) < 4.78 is 4.95. The maximum atomic E-state index is 11.0. The zero-order chi connectivity index (χ0) is 11.7. The zero-order valence-electron chi connectivity index (χ0n) is 8.32. The van der Waals surface area contributed by atoms with E-state index in [1.165, 1.54) is 7.11 Å². The van der Waals surface area contributed by atoms with Crippen molar-refractivity contribution in [3.8, 4) is 5.88 Å². The number of nitrogens with zero attached hydrogens (tertiary/aromatic N) is 2. The molecule has 0 aliphatic rings. The predicted molar refractivity (Wildman–Crippen MR) is 58.5 cm³/mol. The summed E-state index contributed by atoms with van der Waals surface area (Å²) in [4.78, 5) is 19.1. The van der Waals surface area contributed by atoms with Crippen molar-refractivity contribution >= 4 is 28.5 Å². The van der Waals surface area contributed by atoms with Crippen LogP contribution in [0.2, 0.25) is 5.02 Å². The number of nitrogens with two attached hydrogens (primary N) is 1. The van der Waals surface area contributed by atoms with Gasteiger partial charge in [0.1, 0.15) is 11.2 Å². The summed E-state index contributed by atoms with van der Waals surface area (Å²) in [5.41, 5.74) is 6.01. The van der Waals surface area contributed by atoms with Gasteiger partial charge in [0, 0.05) is 12.1 Å². The van der Waals surface area contributed by atoms with Crippen molar-refractivity contribution in [2.45, 2.75) is 0 Å². The van der Waals surface area contributed by atoms with Crippen LogP contribution >= 0.6 is 11.6 Å². The van der Waals surface area contributed by atoms with Crippen LogP contribution in [0.5, 0.6) is 5.88 Å². The van der Waals surface area contributed by atoms with Crippen LogP contribution in [0, 0.1) is 6.07 Å². The molecule has 0 aliphatic carbocycles. The number of fused-ring (bicyclic) bond motifs is 1. The SMILES string of the molecule is COc1ccc2nc(C(N)=O)c(Cl)[c]c2n1. The minimum absolute atomic E-state index is 0.0128. The van der Waals surface area contributed by atoms with Crippen molar-refractivity contribution in [2.24, 2.45) is 5.73 Å². The van der Waals surface area contributed by atoms with Gasteiger partial charge in [-0.25, -0.2) is 9.97 Å². The average Bonchev–Trinajstić information content (AvgIpc) is 2.27. The van der Waals surface area contributed by atoms with E-state index in [0.29, 0.717) is 16.9 Å². The second-order valence-electron chi connectivity index (χ2n) is 2.98. The van der Waals surface area contributed by atoms with Crippen molar-refractivity contribution in [1.82, 2.24) is 9.97 Å². The molecule has 2 aromatic heterocycles. The van der Waals surface area contributed by atoms with Gasteiger partial charge >= 0.3 is 0 Å². The highest BCUT2D eigenvalue weighted by atomic mass is 35.5. The molecule has 2 heterocycles. The third-order valence-corrected chi connectivity index (χ3v) is 2.23. The fourth-order valence-corrected chi connectivity index (χ4v) is 1.45. The molecule has 0 aliphatic heterocycles. The summed E-state index contributed by atoms with van der Waals surface area (Å²) >= 11 is 5.79. The van der Waals surface area contributed by atoms with Crippen LogP contribution < -0.4 is 10.5 Å². The van der Waals surface area contributed by atoms with Gasteiger partial charge in [0.15, 0.2) is 0 Å². The number of primary amides is 1. The highest BCUT2D eigenvalue weighted by molar-refractivity contribution is 6.33. The molecule has 0 fully saturated rings. The topological polar surface area (TPSA) is 78.1 Å².